The van der Waals surface area contributed by atoms with Crippen molar-refractivity contribution >= 4 is 19.2 Å². The SMILES string of the molecule is CCCCCCCCCCCCCCCCCCCC[C@H](COP(=O)(O)OC[C@@]1(C#N)OC(c2ccc3c(N)ncnn23)[C@@H]2OC(C)(C)O[C@@H]21)OCc1cc(F)cc(C#N)c1. The zero-order chi connectivity index (χ0) is 43.7. The number of hydrogen-bond acceptors (Lipinski definition) is 12. The molecule has 5 rings (SSSR count). The molecular weight excluding hydrogens is 803 g/mol. The summed E-state index contributed by atoms with van der Waals surface area (Å²) in [6.07, 6.45) is 21.0. The summed E-state index contributed by atoms with van der Waals surface area (Å²) < 4.78 is 64.8. The molecule has 0 radical (unpaired) electrons. The monoisotopic (exact) mass is 868 g/mol. The number of unbranched alkanes of at least 4 members (excludes halogenated alkanes) is 17. The lowest BCUT2D eigenvalue weighted by molar-refractivity contribution is -0.204. The van der Waals surface area contributed by atoms with Crippen LogP contribution in [0.4, 0.5) is 10.2 Å². The minimum absolute atomic E-state index is 0.0376. The molecule has 3 aromatic rings. The number of halogens is 1. The summed E-state index contributed by atoms with van der Waals surface area (Å²) in [6, 6.07) is 11.5. The molecule has 14 nitrogen and oxygen atoms in total. The number of phosphoric ester groups is 1. The van der Waals surface area contributed by atoms with E-state index >= 15 is 0 Å². The lowest BCUT2D eigenvalue weighted by Gasteiger charge is -2.29. The summed E-state index contributed by atoms with van der Waals surface area (Å²) in [5, 5.41) is 24.1. The van der Waals surface area contributed by atoms with Crippen LogP contribution in [0.1, 0.15) is 166 Å². The van der Waals surface area contributed by atoms with Crippen LogP contribution in [0.5, 0.6) is 0 Å². The maximum atomic E-state index is 14.2. The number of aromatic nitrogens is 3. The van der Waals surface area contributed by atoms with Crippen LogP contribution < -0.4 is 5.73 Å². The minimum Gasteiger partial charge on any atom is -0.382 e. The summed E-state index contributed by atoms with van der Waals surface area (Å²) in [6.45, 7) is 4.63. The van der Waals surface area contributed by atoms with Crippen LogP contribution >= 0.6 is 7.82 Å². The molecule has 2 saturated heterocycles. The molecule has 0 spiro atoms. The Kier molecular flexibility index (Phi) is 18.9. The predicted molar refractivity (Wildman–Crippen MR) is 228 cm³/mol. The summed E-state index contributed by atoms with van der Waals surface area (Å²) in [5.74, 6) is -1.42. The molecule has 4 heterocycles. The topological polar surface area (TPSA) is 196 Å². The van der Waals surface area contributed by atoms with Crippen molar-refractivity contribution in [3.63, 3.8) is 0 Å². The molecule has 2 fully saturated rings. The Morgan fingerprint density at radius 1 is 0.902 bits per heavy atom. The Morgan fingerprint density at radius 2 is 1.52 bits per heavy atom. The third-order valence-corrected chi connectivity index (χ3v) is 12.5. The van der Waals surface area contributed by atoms with Gasteiger partial charge in [-0.1, -0.05) is 122 Å². The van der Waals surface area contributed by atoms with Crippen molar-refractivity contribution in [1.29, 1.82) is 10.5 Å². The third-order valence-electron chi connectivity index (χ3n) is 11.5. The van der Waals surface area contributed by atoms with E-state index in [-0.39, 0.29) is 24.6 Å². The molecule has 16 heteroatoms. The smallest absolute Gasteiger partial charge is 0.382 e. The van der Waals surface area contributed by atoms with Crippen molar-refractivity contribution < 1.29 is 41.8 Å². The Hall–Kier alpha value is -3.50. The first-order chi connectivity index (χ1) is 29.4. The fourth-order valence-electron chi connectivity index (χ4n) is 8.28. The molecule has 2 aliphatic rings. The Labute approximate surface area is 360 Å². The lowest BCUT2D eigenvalue weighted by atomic mass is 9.96. The van der Waals surface area contributed by atoms with Gasteiger partial charge in [-0.2, -0.15) is 15.6 Å². The van der Waals surface area contributed by atoms with Crippen molar-refractivity contribution in [1.82, 2.24) is 14.6 Å². The molecule has 2 unspecified atom stereocenters. The van der Waals surface area contributed by atoms with E-state index in [1.54, 1.807) is 30.5 Å². The van der Waals surface area contributed by atoms with Gasteiger partial charge < -0.3 is 29.6 Å². The van der Waals surface area contributed by atoms with Gasteiger partial charge in [-0.3, -0.25) is 9.05 Å². The molecule has 6 atom stereocenters. The van der Waals surface area contributed by atoms with Gasteiger partial charge >= 0.3 is 7.82 Å². The molecule has 0 bridgehead atoms. The van der Waals surface area contributed by atoms with Crippen molar-refractivity contribution in [2.45, 2.75) is 185 Å². The van der Waals surface area contributed by atoms with Gasteiger partial charge in [0, 0.05) is 0 Å². The largest absolute Gasteiger partial charge is 0.472 e. The van der Waals surface area contributed by atoms with E-state index in [1.165, 1.54) is 108 Å². The summed E-state index contributed by atoms with van der Waals surface area (Å²) in [4.78, 5) is 14.9. The molecule has 0 saturated carbocycles. The Bertz CT molecular complexity index is 1950. The number of nitrogens with zero attached hydrogens (tertiary/aromatic N) is 5. The maximum Gasteiger partial charge on any atom is 0.472 e. The molecule has 0 amide bonds. The van der Waals surface area contributed by atoms with Crippen LogP contribution in [-0.2, 0) is 39.2 Å². The number of rotatable bonds is 29. The summed E-state index contributed by atoms with van der Waals surface area (Å²) >= 11 is 0. The van der Waals surface area contributed by atoms with Crippen LogP contribution in [0.2, 0.25) is 0 Å². The molecule has 0 aliphatic carbocycles. The highest BCUT2D eigenvalue weighted by molar-refractivity contribution is 7.47. The molecule has 2 aliphatic heterocycles. The number of nitrogens with two attached hydrogens (primary N) is 1. The number of nitrogen functional groups attached to an aromatic ring is 1. The third kappa shape index (κ3) is 14.5. The molecule has 61 heavy (non-hydrogen) atoms. The van der Waals surface area contributed by atoms with Gasteiger partial charge in [-0.05, 0) is 56.2 Å². The molecule has 2 aromatic heterocycles. The number of phosphoric acid groups is 1. The van der Waals surface area contributed by atoms with Crippen molar-refractivity contribution in [2.75, 3.05) is 18.9 Å². The fourth-order valence-corrected chi connectivity index (χ4v) is 9.06. The van der Waals surface area contributed by atoms with Gasteiger partial charge in [0.1, 0.15) is 48.6 Å². The first kappa shape index (κ1) is 48.5. The number of hydrogen-bond donors (Lipinski definition) is 2. The van der Waals surface area contributed by atoms with Gasteiger partial charge in [0.05, 0.1) is 36.6 Å². The molecule has 3 N–H and O–H groups in total. The molecule has 336 valence electrons. The fraction of sp³-hybridized carbons (Fsp3) is 0.689. The number of fused-ring (bicyclic) bond motifs is 2. The zero-order valence-electron chi connectivity index (χ0n) is 36.3. The van der Waals surface area contributed by atoms with E-state index < -0.39 is 56.1 Å². The minimum atomic E-state index is -4.80. The van der Waals surface area contributed by atoms with E-state index in [0.29, 0.717) is 23.2 Å². The van der Waals surface area contributed by atoms with E-state index in [1.807, 2.05) is 6.07 Å². The first-order valence-electron chi connectivity index (χ1n) is 22.3. The second-order valence-electron chi connectivity index (χ2n) is 17.0. The van der Waals surface area contributed by atoms with Crippen LogP contribution in [-0.4, -0.2) is 62.4 Å². The highest BCUT2D eigenvalue weighted by Crippen LogP contribution is 2.52. The van der Waals surface area contributed by atoms with Crippen molar-refractivity contribution in [3.05, 3.63) is 59.3 Å². The maximum absolute atomic E-state index is 14.2. The van der Waals surface area contributed by atoms with Gasteiger partial charge in [-0.25, -0.2) is 18.5 Å². The van der Waals surface area contributed by atoms with Crippen molar-refractivity contribution in [3.8, 4) is 12.1 Å². The quantitative estimate of drug-likeness (QED) is 0.0494. The molecule has 1 aromatic carbocycles. The lowest BCUT2D eigenvalue weighted by Crippen LogP contribution is -2.45. The number of anilines is 1. The van der Waals surface area contributed by atoms with E-state index in [2.05, 4.69) is 23.1 Å². The normalized spacial score (nSPS) is 22.2. The van der Waals surface area contributed by atoms with Crippen molar-refractivity contribution in [2.24, 2.45) is 0 Å². The van der Waals surface area contributed by atoms with E-state index in [9.17, 15) is 24.4 Å². The van der Waals surface area contributed by atoms with Crippen LogP contribution in [0, 0.1) is 28.5 Å². The standard InChI is InChI=1S/C45H66FN6O8P/c1-4-5-6-7-8-9-10-11-12-13-14-15-16-17-18-19-20-21-22-37(55-29-35-25-34(28-47)26-36(46)27-35)30-56-61(53,54)57-32-45(31-48)42-41(58-44(2,3)60-42)40(59-45)38-23-24-39-43(49)50-33-51-52(38)39/h23-27,33,37,40-42H,4-22,29-30,32H2,1-3H3,(H,53,54)(H2,49,50,51)/t37-,40?,41+,42+,45-/m1/s1. The van der Waals surface area contributed by atoms with Gasteiger partial charge in [0.2, 0.25) is 5.60 Å². The second-order valence-corrected chi connectivity index (χ2v) is 18.4. The van der Waals surface area contributed by atoms with E-state index in [0.717, 1.165) is 31.7 Å². The van der Waals surface area contributed by atoms with Gasteiger partial charge in [0.15, 0.2) is 11.6 Å². The zero-order valence-corrected chi connectivity index (χ0v) is 37.2. The van der Waals surface area contributed by atoms with Crippen LogP contribution in [0.15, 0.2) is 36.7 Å². The summed E-state index contributed by atoms with van der Waals surface area (Å²) in [5.41, 5.74) is 5.84. The summed E-state index contributed by atoms with van der Waals surface area (Å²) in [7, 11) is -4.80. The number of ether oxygens (including phenoxy) is 4. The highest BCUT2D eigenvalue weighted by atomic mass is 31.2. The van der Waals surface area contributed by atoms with Crippen LogP contribution in [0.3, 0.4) is 0 Å². The van der Waals surface area contributed by atoms with Gasteiger partial charge in [0.25, 0.3) is 0 Å². The Balaban J connectivity index is 1.09. The number of benzene rings is 1. The first-order valence-corrected chi connectivity index (χ1v) is 23.8. The number of nitriles is 2. The van der Waals surface area contributed by atoms with Crippen LogP contribution in [0.25, 0.3) is 5.52 Å². The Morgan fingerprint density at radius 3 is 2.13 bits per heavy atom. The van der Waals surface area contributed by atoms with E-state index in [4.69, 9.17) is 33.7 Å². The predicted octanol–water partition coefficient (Wildman–Crippen LogP) is 10.3. The average Bonchev–Trinajstić information content (AvgIpc) is 3.90. The second kappa shape index (κ2) is 23.8. The average molecular weight is 869 g/mol. The highest BCUT2D eigenvalue weighted by Gasteiger charge is 2.65. The molecular formula is C45H66FN6O8P. The van der Waals surface area contributed by atoms with Gasteiger partial charge in [-0.15, -0.1) is 0 Å².